The molecule has 0 spiro atoms. The molecule has 2 aliphatic heterocycles. The molecular formula is C15H22N4O2. The van der Waals surface area contributed by atoms with E-state index in [2.05, 4.69) is 20.2 Å². The molecule has 1 N–H and O–H groups in total. The second-order valence-corrected chi connectivity index (χ2v) is 5.71. The Labute approximate surface area is 124 Å². The summed E-state index contributed by atoms with van der Waals surface area (Å²) in [5.74, 6) is 1.09. The second-order valence-electron chi connectivity index (χ2n) is 5.71. The zero-order valence-corrected chi connectivity index (χ0v) is 12.2. The molecule has 2 saturated heterocycles. The minimum absolute atomic E-state index is 0.118. The SMILES string of the molecule is O=C(NC1CCOCC1)C1CCN(c2ncccn2)CC1. The Hall–Kier alpha value is -1.69. The summed E-state index contributed by atoms with van der Waals surface area (Å²) in [5, 5.41) is 3.17. The molecule has 2 aliphatic rings. The Kier molecular flexibility index (Phi) is 4.65. The molecule has 1 aromatic rings. The summed E-state index contributed by atoms with van der Waals surface area (Å²) in [6.45, 7) is 3.20. The second kappa shape index (κ2) is 6.85. The van der Waals surface area contributed by atoms with E-state index in [4.69, 9.17) is 4.74 Å². The lowest BCUT2D eigenvalue weighted by atomic mass is 9.95. The van der Waals surface area contributed by atoms with Gasteiger partial charge in [-0.25, -0.2) is 9.97 Å². The third-order valence-corrected chi connectivity index (χ3v) is 4.27. The predicted octanol–water partition coefficient (Wildman–Crippen LogP) is 0.988. The highest BCUT2D eigenvalue weighted by atomic mass is 16.5. The summed E-state index contributed by atoms with van der Waals surface area (Å²) in [6, 6.07) is 2.11. The molecule has 1 amide bonds. The average Bonchev–Trinajstić information content (AvgIpc) is 2.57. The molecule has 1 aromatic heterocycles. The van der Waals surface area contributed by atoms with Gasteiger partial charge in [-0.3, -0.25) is 4.79 Å². The molecule has 0 saturated carbocycles. The van der Waals surface area contributed by atoms with E-state index in [1.54, 1.807) is 12.4 Å². The summed E-state index contributed by atoms with van der Waals surface area (Å²) >= 11 is 0. The topological polar surface area (TPSA) is 67.3 Å². The van der Waals surface area contributed by atoms with Crippen molar-refractivity contribution in [1.82, 2.24) is 15.3 Å². The highest BCUT2D eigenvalue weighted by molar-refractivity contribution is 5.79. The van der Waals surface area contributed by atoms with Crippen LogP contribution in [0.25, 0.3) is 0 Å². The van der Waals surface area contributed by atoms with E-state index in [-0.39, 0.29) is 11.8 Å². The molecular weight excluding hydrogens is 268 g/mol. The molecule has 6 nitrogen and oxygen atoms in total. The Morgan fingerprint density at radius 2 is 1.81 bits per heavy atom. The van der Waals surface area contributed by atoms with Crippen LogP contribution in [0.2, 0.25) is 0 Å². The van der Waals surface area contributed by atoms with Gasteiger partial charge in [-0.2, -0.15) is 0 Å². The Balaban J connectivity index is 1.47. The molecule has 0 radical (unpaired) electrons. The molecule has 0 atom stereocenters. The number of ether oxygens (including phenoxy) is 1. The number of hydrogen-bond acceptors (Lipinski definition) is 5. The van der Waals surface area contributed by atoms with Gasteiger partial charge in [0.15, 0.2) is 0 Å². The van der Waals surface area contributed by atoms with Crippen molar-refractivity contribution in [3.8, 4) is 0 Å². The lowest BCUT2D eigenvalue weighted by molar-refractivity contribution is -0.126. The number of nitrogens with zero attached hydrogens (tertiary/aromatic N) is 3. The lowest BCUT2D eigenvalue weighted by Gasteiger charge is -2.32. The van der Waals surface area contributed by atoms with Crippen molar-refractivity contribution in [1.29, 1.82) is 0 Å². The normalized spacial score (nSPS) is 21.2. The van der Waals surface area contributed by atoms with Gasteiger partial charge >= 0.3 is 0 Å². The van der Waals surface area contributed by atoms with Crippen LogP contribution in [0, 0.1) is 5.92 Å². The van der Waals surface area contributed by atoms with Gasteiger partial charge < -0.3 is 15.0 Å². The van der Waals surface area contributed by atoms with Gasteiger partial charge in [0.1, 0.15) is 0 Å². The minimum atomic E-state index is 0.118. The zero-order valence-electron chi connectivity index (χ0n) is 12.2. The number of rotatable bonds is 3. The van der Waals surface area contributed by atoms with Gasteiger partial charge in [0.25, 0.3) is 0 Å². The van der Waals surface area contributed by atoms with Gasteiger partial charge in [-0.05, 0) is 31.7 Å². The van der Waals surface area contributed by atoms with E-state index in [0.29, 0.717) is 6.04 Å². The van der Waals surface area contributed by atoms with Gasteiger partial charge in [0.2, 0.25) is 11.9 Å². The molecule has 3 heterocycles. The summed E-state index contributed by atoms with van der Waals surface area (Å²) in [5.41, 5.74) is 0. The van der Waals surface area contributed by atoms with Crippen molar-refractivity contribution >= 4 is 11.9 Å². The quantitative estimate of drug-likeness (QED) is 0.899. The third kappa shape index (κ3) is 3.69. The van der Waals surface area contributed by atoms with E-state index in [0.717, 1.165) is 57.9 Å². The van der Waals surface area contributed by atoms with Crippen LogP contribution in [-0.2, 0) is 9.53 Å². The molecule has 0 unspecified atom stereocenters. The summed E-state index contributed by atoms with van der Waals surface area (Å²) in [6.07, 6.45) is 7.12. The number of carbonyl (C=O) groups is 1. The fourth-order valence-electron chi connectivity index (χ4n) is 2.96. The maximum Gasteiger partial charge on any atom is 0.225 e. The number of amides is 1. The minimum Gasteiger partial charge on any atom is -0.381 e. The van der Waals surface area contributed by atoms with Crippen LogP contribution in [0.15, 0.2) is 18.5 Å². The van der Waals surface area contributed by atoms with Crippen LogP contribution in [0.1, 0.15) is 25.7 Å². The zero-order chi connectivity index (χ0) is 14.5. The number of piperidine rings is 1. The Bertz CT molecular complexity index is 454. The van der Waals surface area contributed by atoms with E-state index in [9.17, 15) is 4.79 Å². The average molecular weight is 290 g/mol. The van der Waals surface area contributed by atoms with Crippen molar-refractivity contribution in [2.45, 2.75) is 31.7 Å². The lowest BCUT2D eigenvalue weighted by Crippen LogP contribution is -2.45. The highest BCUT2D eigenvalue weighted by Crippen LogP contribution is 2.21. The maximum atomic E-state index is 12.3. The number of anilines is 1. The molecule has 0 aromatic carbocycles. The van der Waals surface area contributed by atoms with Crippen LogP contribution in [0.4, 0.5) is 5.95 Å². The van der Waals surface area contributed by atoms with Crippen LogP contribution in [-0.4, -0.2) is 48.2 Å². The molecule has 3 rings (SSSR count). The summed E-state index contributed by atoms with van der Waals surface area (Å²) < 4.78 is 5.32. The van der Waals surface area contributed by atoms with E-state index in [1.807, 2.05) is 6.07 Å². The van der Waals surface area contributed by atoms with Crippen LogP contribution < -0.4 is 10.2 Å². The molecule has 114 valence electrons. The standard InChI is InChI=1S/C15H22N4O2/c20-14(18-13-4-10-21-11-5-13)12-2-8-19(9-3-12)15-16-6-1-7-17-15/h1,6-7,12-13H,2-5,8-11H2,(H,18,20). The molecule has 0 aliphatic carbocycles. The molecule has 6 heteroatoms. The van der Waals surface area contributed by atoms with Crippen molar-refractivity contribution in [2.24, 2.45) is 5.92 Å². The van der Waals surface area contributed by atoms with Crippen molar-refractivity contribution in [3.05, 3.63) is 18.5 Å². The predicted molar refractivity (Wildman–Crippen MR) is 79.0 cm³/mol. The number of carbonyl (C=O) groups excluding carboxylic acids is 1. The number of hydrogen-bond donors (Lipinski definition) is 1. The van der Waals surface area contributed by atoms with E-state index >= 15 is 0 Å². The Morgan fingerprint density at radius 3 is 2.48 bits per heavy atom. The first-order valence-corrected chi connectivity index (χ1v) is 7.73. The van der Waals surface area contributed by atoms with Gasteiger partial charge in [-0.1, -0.05) is 0 Å². The van der Waals surface area contributed by atoms with Crippen LogP contribution >= 0.6 is 0 Å². The van der Waals surface area contributed by atoms with Crippen LogP contribution in [0.5, 0.6) is 0 Å². The number of aromatic nitrogens is 2. The first kappa shape index (κ1) is 14.3. The van der Waals surface area contributed by atoms with Gasteiger partial charge in [-0.15, -0.1) is 0 Å². The van der Waals surface area contributed by atoms with Crippen molar-refractivity contribution < 1.29 is 9.53 Å². The summed E-state index contributed by atoms with van der Waals surface area (Å²) in [7, 11) is 0. The molecule has 21 heavy (non-hydrogen) atoms. The summed E-state index contributed by atoms with van der Waals surface area (Å²) in [4.78, 5) is 23.0. The maximum absolute atomic E-state index is 12.3. The van der Waals surface area contributed by atoms with Gasteiger partial charge in [0, 0.05) is 50.7 Å². The smallest absolute Gasteiger partial charge is 0.225 e. The van der Waals surface area contributed by atoms with Crippen molar-refractivity contribution in [3.63, 3.8) is 0 Å². The highest BCUT2D eigenvalue weighted by Gasteiger charge is 2.27. The number of nitrogens with one attached hydrogen (secondary N) is 1. The largest absolute Gasteiger partial charge is 0.381 e. The Morgan fingerprint density at radius 1 is 1.14 bits per heavy atom. The fourth-order valence-corrected chi connectivity index (χ4v) is 2.96. The fraction of sp³-hybridized carbons (Fsp3) is 0.667. The molecule has 0 bridgehead atoms. The third-order valence-electron chi connectivity index (χ3n) is 4.27. The van der Waals surface area contributed by atoms with E-state index in [1.165, 1.54) is 0 Å². The van der Waals surface area contributed by atoms with E-state index < -0.39 is 0 Å². The van der Waals surface area contributed by atoms with Gasteiger partial charge in [0.05, 0.1) is 0 Å². The first-order valence-electron chi connectivity index (χ1n) is 7.73. The first-order chi connectivity index (χ1) is 10.3. The molecule has 2 fully saturated rings. The monoisotopic (exact) mass is 290 g/mol. The van der Waals surface area contributed by atoms with Crippen molar-refractivity contribution in [2.75, 3.05) is 31.2 Å². The van der Waals surface area contributed by atoms with Crippen LogP contribution in [0.3, 0.4) is 0 Å².